The Morgan fingerprint density at radius 2 is 1.81 bits per heavy atom. The van der Waals surface area contributed by atoms with Gasteiger partial charge in [-0.3, -0.25) is 4.79 Å². The van der Waals surface area contributed by atoms with Crippen LogP contribution in [0.1, 0.15) is 52.5 Å². The van der Waals surface area contributed by atoms with Gasteiger partial charge in [-0.25, -0.2) is 9.18 Å². The molecule has 1 unspecified atom stereocenters. The number of morpholine rings is 1. The van der Waals surface area contributed by atoms with Crippen LogP contribution in [-0.2, 0) is 19.0 Å². The van der Waals surface area contributed by atoms with E-state index in [2.05, 4.69) is 9.80 Å². The summed E-state index contributed by atoms with van der Waals surface area (Å²) in [6, 6.07) is 4.92. The van der Waals surface area contributed by atoms with E-state index in [9.17, 15) is 19.1 Å². The molecule has 0 bridgehead atoms. The Labute approximate surface area is 255 Å². The zero-order valence-corrected chi connectivity index (χ0v) is 26.2. The van der Waals surface area contributed by atoms with Crippen molar-refractivity contribution in [3.63, 3.8) is 0 Å². The summed E-state index contributed by atoms with van der Waals surface area (Å²) in [6.07, 6.45) is 4.19. The molecule has 6 atom stereocenters. The van der Waals surface area contributed by atoms with Crippen molar-refractivity contribution in [2.75, 3.05) is 57.8 Å². The molecule has 238 valence electrons. The summed E-state index contributed by atoms with van der Waals surface area (Å²) >= 11 is 0. The number of rotatable bonds is 4. The van der Waals surface area contributed by atoms with Crippen molar-refractivity contribution >= 4 is 23.8 Å². The zero-order chi connectivity index (χ0) is 31.1. The number of piperazine rings is 1. The Balaban J connectivity index is 1.56. The minimum atomic E-state index is -0.866. The fourth-order valence-corrected chi connectivity index (χ4v) is 5.89. The fourth-order valence-electron chi connectivity index (χ4n) is 5.89. The number of aliphatic hydroxyl groups is 1. The Kier molecular flexibility index (Phi) is 11.6. The molecule has 2 fully saturated rings. The average Bonchev–Trinajstić information content (AvgIpc) is 2.96. The molecular weight excluding hydrogens is 553 g/mol. The van der Waals surface area contributed by atoms with Gasteiger partial charge in [0, 0.05) is 50.9 Å². The van der Waals surface area contributed by atoms with Gasteiger partial charge in [0.05, 0.1) is 25.2 Å². The molecule has 1 aromatic rings. The van der Waals surface area contributed by atoms with Crippen molar-refractivity contribution in [1.82, 2.24) is 9.80 Å². The van der Waals surface area contributed by atoms with Crippen LogP contribution >= 0.6 is 0 Å². The molecule has 2 saturated heterocycles. The second kappa shape index (κ2) is 15.2. The third-order valence-corrected chi connectivity index (χ3v) is 8.61. The van der Waals surface area contributed by atoms with Crippen LogP contribution in [0.25, 0.3) is 6.08 Å². The van der Waals surface area contributed by atoms with Crippen molar-refractivity contribution in [1.29, 1.82) is 0 Å². The highest BCUT2D eigenvalue weighted by Crippen LogP contribution is 2.28. The molecule has 1 aromatic carbocycles. The standard InChI is InChI=1S/C33H48FN3O6/c1-22-6-8-29(38)20-31(39)43-32(23(2)7-9-30(22)42-33(40)36-12-10-35(5)11-13-36)24(3)16-26-17-27(34)19-28(18-26)37-14-15-41-25(4)21-37/h7,9,16-19,22-23,25,29-30,32,38H,6,8,10-15,20-21H2,1-5H3/b9-7-,24-16+/t22-,23-,25?,29+,30-,32-/m0/s1. The average molecular weight is 602 g/mol. The number of aliphatic hydroxyl groups excluding tert-OH is 1. The van der Waals surface area contributed by atoms with Gasteiger partial charge in [-0.1, -0.05) is 26.0 Å². The number of esters is 1. The van der Waals surface area contributed by atoms with Crippen LogP contribution < -0.4 is 4.90 Å². The number of likely N-dealkylation sites (N-methyl/N-ethyl adjacent to an activating group) is 1. The van der Waals surface area contributed by atoms with E-state index in [-0.39, 0.29) is 36.3 Å². The summed E-state index contributed by atoms with van der Waals surface area (Å²) in [5, 5.41) is 10.6. The second-order valence-corrected chi connectivity index (χ2v) is 12.5. The molecular formula is C33H48FN3O6. The van der Waals surface area contributed by atoms with Crippen LogP contribution in [0, 0.1) is 17.7 Å². The number of ether oxygens (including phenoxy) is 3. The molecule has 10 heteroatoms. The molecule has 9 nitrogen and oxygen atoms in total. The number of anilines is 1. The van der Waals surface area contributed by atoms with E-state index in [1.807, 2.05) is 59.0 Å². The van der Waals surface area contributed by atoms with Gasteiger partial charge < -0.3 is 34.0 Å². The van der Waals surface area contributed by atoms with Gasteiger partial charge in [-0.15, -0.1) is 0 Å². The second-order valence-electron chi connectivity index (χ2n) is 12.5. The summed E-state index contributed by atoms with van der Waals surface area (Å²) in [5.74, 6) is -1.17. The Bertz CT molecular complexity index is 1170. The highest BCUT2D eigenvalue weighted by Gasteiger charge is 2.29. The van der Waals surface area contributed by atoms with Crippen LogP contribution in [0.2, 0.25) is 0 Å². The first-order valence-electron chi connectivity index (χ1n) is 15.5. The fraction of sp³-hybridized carbons (Fsp3) is 0.636. The van der Waals surface area contributed by atoms with Gasteiger partial charge in [0.1, 0.15) is 18.0 Å². The summed E-state index contributed by atoms with van der Waals surface area (Å²) in [5.41, 5.74) is 2.18. The van der Waals surface area contributed by atoms with Crippen molar-refractivity contribution in [3.05, 3.63) is 47.3 Å². The van der Waals surface area contributed by atoms with Gasteiger partial charge in [-0.05, 0) is 75.1 Å². The maximum absolute atomic E-state index is 14.7. The van der Waals surface area contributed by atoms with Gasteiger partial charge >= 0.3 is 12.1 Å². The third-order valence-electron chi connectivity index (χ3n) is 8.61. The molecule has 3 heterocycles. The maximum Gasteiger partial charge on any atom is 0.410 e. The number of carbonyl (C=O) groups excluding carboxylic acids is 2. The van der Waals surface area contributed by atoms with Crippen molar-refractivity contribution < 1.29 is 33.3 Å². The van der Waals surface area contributed by atoms with Gasteiger partial charge in [0.15, 0.2) is 0 Å². The number of carbonyl (C=O) groups is 2. The number of halogens is 1. The molecule has 3 aliphatic rings. The monoisotopic (exact) mass is 601 g/mol. The van der Waals surface area contributed by atoms with Crippen molar-refractivity contribution in [2.24, 2.45) is 11.8 Å². The van der Waals surface area contributed by atoms with E-state index in [1.165, 1.54) is 12.1 Å². The smallest absolute Gasteiger partial charge is 0.410 e. The number of hydrogen-bond donors (Lipinski definition) is 1. The van der Waals surface area contributed by atoms with E-state index in [4.69, 9.17) is 14.2 Å². The molecule has 3 aliphatic heterocycles. The Morgan fingerprint density at radius 3 is 2.53 bits per heavy atom. The highest BCUT2D eigenvalue weighted by molar-refractivity contribution is 5.71. The number of benzene rings is 1. The van der Waals surface area contributed by atoms with Crippen molar-refractivity contribution in [2.45, 2.75) is 71.4 Å². The lowest BCUT2D eigenvalue weighted by Crippen LogP contribution is -2.48. The number of nitrogens with zero attached hydrogens (tertiary/aromatic N) is 3. The van der Waals surface area contributed by atoms with E-state index < -0.39 is 24.3 Å². The molecule has 4 rings (SSSR count). The van der Waals surface area contributed by atoms with E-state index in [0.717, 1.165) is 24.4 Å². The number of amides is 1. The quantitative estimate of drug-likeness (QED) is 0.399. The summed E-state index contributed by atoms with van der Waals surface area (Å²) in [6.45, 7) is 12.5. The van der Waals surface area contributed by atoms with Crippen LogP contribution in [-0.4, -0.2) is 104 Å². The molecule has 1 amide bonds. The molecule has 0 aliphatic carbocycles. The first-order chi connectivity index (χ1) is 20.5. The van der Waals surface area contributed by atoms with E-state index in [1.54, 1.807) is 4.90 Å². The lowest BCUT2D eigenvalue weighted by molar-refractivity contribution is -0.151. The molecule has 0 aromatic heterocycles. The molecule has 0 saturated carbocycles. The maximum atomic E-state index is 14.7. The number of cyclic esters (lactones) is 1. The molecule has 1 N–H and O–H groups in total. The first kappa shape index (κ1) is 33.0. The van der Waals surface area contributed by atoms with Crippen LogP contribution in [0.3, 0.4) is 0 Å². The highest BCUT2D eigenvalue weighted by atomic mass is 19.1. The predicted molar refractivity (Wildman–Crippen MR) is 164 cm³/mol. The Morgan fingerprint density at radius 1 is 1.07 bits per heavy atom. The minimum absolute atomic E-state index is 0.0590. The van der Waals surface area contributed by atoms with Crippen molar-refractivity contribution in [3.8, 4) is 0 Å². The van der Waals surface area contributed by atoms with Gasteiger partial charge in [0.25, 0.3) is 0 Å². The van der Waals surface area contributed by atoms with E-state index in [0.29, 0.717) is 51.2 Å². The van der Waals surface area contributed by atoms with Gasteiger partial charge in [0.2, 0.25) is 0 Å². The Hall–Kier alpha value is -2.95. The first-order valence-corrected chi connectivity index (χ1v) is 15.5. The van der Waals surface area contributed by atoms with Crippen LogP contribution in [0.15, 0.2) is 35.9 Å². The predicted octanol–water partition coefficient (Wildman–Crippen LogP) is 4.49. The normalized spacial score (nSPS) is 31.0. The lowest BCUT2D eigenvalue weighted by Gasteiger charge is -2.33. The summed E-state index contributed by atoms with van der Waals surface area (Å²) < 4.78 is 32.3. The van der Waals surface area contributed by atoms with Gasteiger partial charge in [-0.2, -0.15) is 0 Å². The molecule has 43 heavy (non-hydrogen) atoms. The minimum Gasteiger partial charge on any atom is -0.457 e. The summed E-state index contributed by atoms with van der Waals surface area (Å²) in [7, 11) is 2.03. The number of hydrogen-bond acceptors (Lipinski definition) is 8. The molecule has 0 radical (unpaired) electrons. The van der Waals surface area contributed by atoms with Crippen LogP contribution in [0.4, 0.5) is 14.9 Å². The lowest BCUT2D eigenvalue weighted by atomic mass is 9.91. The third kappa shape index (κ3) is 9.52. The topological polar surface area (TPSA) is 91.8 Å². The molecule has 0 spiro atoms. The largest absolute Gasteiger partial charge is 0.457 e. The van der Waals surface area contributed by atoms with Crippen LogP contribution in [0.5, 0.6) is 0 Å². The summed E-state index contributed by atoms with van der Waals surface area (Å²) in [4.78, 5) is 31.9. The zero-order valence-electron chi connectivity index (χ0n) is 26.2. The van der Waals surface area contributed by atoms with E-state index >= 15 is 0 Å². The SMILES string of the molecule is C/C(=C\c1cc(F)cc(N2CCOC(C)C2)c1)[C@H]1OC(=O)C[C@H](O)CC[C@H](C)[C@@H](OC(=O)N2CCN(C)CC2)/C=C\[C@@H]1C.